The lowest BCUT2D eigenvalue weighted by molar-refractivity contribution is -0.109. The number of hydrogen-bond donors (Lipinski definition) is 1. The molecule has 15 heavy (non-hydrogen) atoms. The number of amides is 1. The Kier molecular flexibility index (Phi) is 5.59. The largest absolute Gasteiger partial charge is 0.444 e. The zero-order valence-corrected chi connectivity index (χ0v) is 9.28. The van der Waals surface area contributed by atoms with Gasteiger partial charge in [-0.05, 0) is 20.8 Å². The van der Waals surface area contributed by atoms with Crippen molar-refractivity contribution in [3.05, 3.63) is 0 Å². The van der Waals surface area contributed by atoms with Crippen LogP contribution < -0.4 is 5.32 Å². The number of alkyl carbamates (subject to hydrolysis) is 1. The summed E-state index contributed by atoms with van der Waals surface area (Å²) in [4.78, 5) is 31.8. The van der Waals surface area contributed by atoms with Gasteiger partial charge in [0.15, 0.2) is 0 Å². The van der Waals surface area contributed by atoms with Crippen molar-refractivity contribution in [1.29, 1.82) is 0 Å². The zero-order chi connectivity index (χ0) is 11.9. The summed E-state index contributed by atoms with van der Waals surface area (Å²) < 4.78 is 4.98. The van der Waals surface area contributed by atoms with Crippen LogP contribution in [0, 0.1) is 0 Å². The molecule has 5 nitrogen and oxygen atoms in total. The number of nitrogens with one attached hydrogen (secondary N) is 1. The standard InChI is InChI=1S/C10H17NO4/c1-10(2,3)15-9(14)11-8(4-6-12)5-7-13/h6-8H,4-5H2,1-3H3,(H,11,14). The Labute approximate surface area is 89.2 Å². The van der Waals surface area contributed by atoms with Gasteiger partial charge in [0.2, 0.25) is 0 Å². The Balaban J connectivity index is 4.10. The average Bonchev–Trinajstić information content (AvgIpc) is 2.00. The van der Waals surface area contributed by atoms with Crippen LogP contribution in [0.2, 0.25) is 0 Å². The molecule has 0 fully saturated rings. The minimum Gasteiger partial charge on any atom is -0.444 e. The third-order valence-electron chi connectivity index (χ3n) is 1.48. The monoisotopic (exact) mass is 215 g/mol. The van der Waals surface area contributed by atoms with Gasteiger partial charge in [-0.15, -0.1) is 0 Å². The smallest absolute Gasteiger partial charge is 0.407 e. The minimum absolute atomic E-state index is 0.109. The predicted molar refractivity (Wildman–Crippen MR) is 54.5 cm³/mol. The first-order valence-electron chi connectivity index (χ1n) is 4.76. The van der Waals surface area contributed by atoms with Gasteiger partial charge < -0.3 is 19.6 Å². The molecule has 0 rings (SSSR count). The third-order valence-corrected chi connectivity index (χ3v) is 1.48. The van der Waals surface area contributed by atoms with Gasteiger partial charge in [0.1, 0.15) is 18.2 Å². The first kappa shape index (κ1) is 13.6. The Hall–Kier alpha value is -1.39. The van der Waals surface area contributed by atoms with E-state index < -0.39 is 17.7 Å². The Morgan fingerprint density at radius 2 is 1.73 bits per heavy atom. The van der Waals surface area contributed by atoms with E-state index in [4.69, 9.17) is 4.74 Å². The van der Waals surface area contributed by atoms with Crippen molar-refractivity contribution in [3.8, 4) is 0 Å². The lowest BCUT2D eigenvalue weighted by Crippen LogP contribution is -2.39. The summed E-state index contributed by atoms with van der Waals surface area (Å²) in [6.45, 7) is 5.21. The van der Waals surface area contributed by atoms with E-state index in [0.29, 0.717) is 12.6 Å². The van der Waals surface area contributed by atoms with Crippen molar-refractivity contribution in [2.45, 2.75) is 45.3 Å². The van der Waals surface area contributed by atoms with Crippen LogP contribution in [-0.2, 0) is 14.3 Å². The quantitative estimate of drug-likeness (QED) is 0.696. The van der Waals surface area contributed by atoms with Gasteiger partial charge in [0.05, 0.1) is 0 Å². The molecule has 0 aliphatic carbocycles. The van der Waals surface area contributed by atoms with Crippen LogP contribution in [0.15, 0.2) is 0 Å². The summed E-state index contributed by atoms with van der Waals surface area (Å²) in [5, 5.41) is 2.45. The summed E-state index contributed by atoms with van der Waals surface area (Å²) in [7, 11) is 0. The Bertz CT molecular complexity index is 222. The predicted octanol–water partition coefficient (Wildman–Crippen LogP) is 1.06. The number of ether oxygens (including phenoxy) is 1. The van der Waals surface area contributed by atoms with Gasteiger partial charge in [-0.25, -0.2) is 4.79 Å². The van der Waals surface area contributed by atoms with Crippen molar-refractivity contribution in [2.24, 2.45) is 0 Å². The molecular formula is C10H17NO4. The third kappa shape index (κ3) is 7.66. The molecule has 0 aromatic rings. The summed E-state index contributed by atoms with van der Waals surface area (Å²) in [6.07, 6.45) is 0.920. The molecule has 0 aliphatic heterocycles. The normalized spacial score (nSPS) is 10.9. The molecule has 0 spiro atoms. The molecule has 0 aromatic heterocycles. The molecule has 5 heteroatoms. The number of rotatable bonds is 5. The molecule has 0 aromatic carbocycles. The fourth-order valence-electron chi connectivity index (χ4n) is 0.921. The molecule has 0 saturated carbocycles. The fourth-order valence-corrected chi connectivity index (χ4v) is 0.921. The maximum absolute atomic E-state index is 11.3. The first-order chi connectivity index (χ1) is 6.89. The van der Waals surface area contributed by atoms with E-state index in [-0.39, 0.29) is 12.8 Å². The van der Waals surface area contributed by atoms with Crippen molar-refractivity contribution < 1.29 is 19.1 Å². The number of carbonyl (C=O) groups is 3. The summed E-state index contributed by atoms with van der Waals surface area (Å²) in [5.41, 5.74) is -0.586. The summed E-state index contributed by atoms with van der Waals surface area (Å²) >= 11 is 0. The zero-order valence-electron chi connectivity index (χ0n) is 9.28. The van der Waals surface area contributed by atoms with Crippen LogP contribution >= 0.6 is 0 Å². The molecule has 0 atom stereocenters. The topological polar surface area (TPSA) is 72.5 Å². The lowest BCUT2D eigenvalue weighted by atomic mass is 10.1. The number of aldehydes is 2. The minimum atomic E-state index is -0.615. The van der Waals surface area contributed by atoms with Gasteiger partial charge in [-0.2, -0.15) is 0 Å². The highest BCUT2D eigenvalue weighted by Gasteiger charge is 2.18. The molecular weight excluding hydrogens is 198 g/mol. The van der Waals surface area contributed by atoms with Gasteiger partial charge in [-0.3, -0.25) is 0 Å². The fraction of sp³-hybridized carbons (Fsp3) is 0.700. The van der Waals surface area contributed by atoms with Gasteiger partial charge >= 0.3 is 6.09 Å². The maximum Gasteiger partial charge on any atom is 0.407 e. The molecule has 0 aliphatic rings. The van der Waals surface area contributed by atoms with Gasteiger partial charge in [-0.1, -0.05) is 0 Å². The first-order valence-corrected chi connectivity index (χ1v) is 4.76. The second kappa shape index (κ2) is 6.16. The van der Waals surface area contributed by atoms with Crippen LogP contribution in [0.1, 0.15) is 33.6 Å². The van der Waals surface area contributed by atoms with E-state index in [2.05, 4.69) is 5.32 Å². The molecule has 0 unspecified atom stereocenters. The number of hydrogen-bond acceptors (Lipinski definition) is 4. The highest BCUT2D eigenvalue weighted by atomic mass is 16.6. The molecule has 1 amide bonds. The van der Waals surface area contributed by atoms with E-state index in [1.54, 1.807) is 20.8 Å². The maximum atomic E-state index is 11.3. The van der Waals surface area contributed by atoms with E-state index >= 15 is 0 Å². The lowest BCUT2D eigenvalue weighted by Gasteiger charge is -2.21. The van der Waals surface area contributed by atoms with E-state index in [9.17, 15) is 14.4 Å². The highest BCUT2D eigenvalue weighted by Crippen LogP contribution is 2.07. The highest BCUT2D eigenvalue weighted by molar-refractivity contribution is 5.69. The number of carbonyl (C=O) groups excluding carboxylic acids is 3. The second-order valence-electron chi connectivity index (χ2n) is 4.15. The molecule has 0 heterocycles. The second-order valence-corrected chi connectivity index (χ2v) is 4.15. The van der Waals surface area contributed by atoms with Crippen LogP contribution in [0.4, 0.5) is 4.79 Å². The summed E-state index contributed by atoms with van der Waals surface area (Å²) in [6, 6.07) is -0.477. The van der Waals surface area contributed by atoms with Crippen molar-refractivity contribution in [1.82, 2.24) is 5.32 Å². The molecule has 86 valence electrons. The van der Waals surface area contributed by atoms with Crippen LogP contribution in [0.5, 0.6) is 0 Å². The summed E-state index contributed by atoms with van der Waals surface area (Å²) in [5.74, 6) is 0. The van der Waals surface area contributed by atoms with E-state index in [0.717, 1.165) is 0 Å². The van der Waals surface area contributed by atoms with E-state index in [1.165, 1.54) is 0 Å². The molecule has 0 radical (unpaired) electrons. The van der Waals surface area contributed by atoms with Crippen LogP contribution in [0.3, 0.4) is 0 Å². The van der Waals surface area contributed by atoms with Gasteiger partial charge in [0.25, 0.3) is 0 Å². The van der Waals surface area contributed by atoms with Crippen molar-refractivity contribution in [3.63, 3.8) is 0 Å². The molecule has 1 N–H and O–H groups in total. The van der Waals surface area contributed by atoms with Gasteiger partial charge in [0, 0.05) is 18.9 Å². The van der Waals surface area contributed by atoms with Crippen molar-refractivity contribution >= 4 is 18.7 Å². The Morgan fingerprint density at radius 1 is 1.27 bits per heavy atom. The van der Waals surface area contributed by atoms with Crippen molar-refractivity contribution in [2.75, 3.05) is 0 Å². The SMILES string of the molecule is CC(C)(C)OC(=O)NC(CC=O)CC=O. The van der Waals surface area contributed by atoms with Crippen LogP contribution in [-0.4, -0.2) is 30.3 Å². The molecule has 0 bridgehead atoms. The average molecular weight is 215 g/mol. The van der Waals surface area contributed by atoms with E-state index in [1.807, 2.05) is 0 Å². The molecule has 0 saturated heterocycles. The Morgan fingerprint density at radius 3 is 2.07 bits per heavy atom. The van der Waals surface area contributed by atoms with Crippen LogP contribution in [0.25, 0.3) is 0 Å².